The summed E-state index contributed by atoms with van der Waals surface area (Å²) in [5, 5.41) is 0. The van der Waals surface area contributed by atoms with Gasteiger partial charge in [-0.1, -0.05) is 26.7 Å². The molecule has 0 saturated carbocycles. The highest BCUT2D eigenvalue weighted by Gasteiger charge is 2.08. The third kappa shape index (κ3) is 4.71. The summed E-state index contributed by atoms with van der Waals surface area (Å²) in [7, 11) is 0. The van der Waals surface area contributed by atoms with Crippen molar-refractivity contribution in [2.75, 3.05) is 0 Å². The molecule has 0 heterocycles. The molecule has 2 heteroatoms. The maximum Gasteiger partial charge on any atom is 0.140 e. The van der Waals surface area contributed by atoms with Gasteiger partial charge in [0, 0.05) is 6.42 Å². The lowest BCUT2D eigenvalue weighted by Crippen LogP contribution is -2.06. The van der Waals surface area contributed by atoms with Crippen molar-refractivity contribution >= 4 is 12.1 Å². The third-order valence-electron chi connectivity index (χ3n) is 1.98. The van der Waals surface area contributed by atoms with E-state index >= 15 is 0 Å². The van der Waals surface area contributed by atoms with E-state index in [0.29, 0.717) is 18.6 Å². The summed E-state index contributed by atoms with van der Waals surface area (Å²) in [6, 6.07) is 0. The molecule has 0 aliphatic carbocycles. The predicted molar refractivity (Wildman–Crippen MR) is 44.4 cm³/mol. The molecule has 0 rings (SSSR count). The molecule has 0 N–H and O–H groups in total. The fourth-order valence-corrected chi connectivity index (χ4v) is 1.08. The second-order valence-electron chi connectivity index (χ2n) is 2.80. The van der Waals surface area contributed by atoms with Gasteiger partial charge < -0.3 is 4.79 Å². The van der Waals surface area contributed by atoms with Crippen LogP contribution >= 0.6 is 0 Å². The van der Waals surface area contributed by atoms with E-state index < -0.39 is 0 Å². The molecular formula is C9H16O2. The van der Waals surface area contributed by atoms with Crippen LogP contribution in [0.4, 0.5) is 0 Å². The first-order valence-electron chi connectivity index (χ1n) is 4.19. The minimum Gasteiger partial charge on any atom is -0.303 e. The summed E-state index contributed by atoms with van der Waals surface area (Å²) in [6.07, 6.45) is 3.41. The van der Waals surface area contributed by atoms with Gasteiger partial charge in [-0.05, 0) is 5.92 Å². The van der Waals surface area contributed by atoms with E-state index in [2.05, 4.69) is 13.8 Å². The molecule has 0 saturated heterocycles. The topological polar surface area (TPSA) is 34.1 Å². The molecule has 0 spiro atoms. The lowest BCUT2D eigenvalue weighted by molar-refractivity contribution is -0.123. The summed E-state index contributed by atoms with van der Waals surface area (Å²) in [4.78, 5) is 20.9. The highest BCUT2D eigenvalue weighted by Crippen LogP contribution is 2.12. The van der Waals surface area contributed by atoms with Crippen LogP contribution in [0.15, 0.2) is 0 Å². The molecule has 0 fully saturated rings. The Hall–Kier alpha value is -0.660. The lowest BCUT2D eigenvalue weighted by atomic mass is 9.96. The van der Waals surface area contributed by atoms with Crippen molar-refractivity contribution in [3.63, 3.8) is 0 Å². The molecule has 0 aliphatic rings. The zero-order valence-corrected chi connectivity index (χ0v) is 7.30. The second kappa shape index (κ2) is 6.08. The molecule has 64 valence electrons. The summed E-state index contributed by atoms with van der Waals surface area (Å²) in [5.74, 6) is 0.552. The average Bonchev–Trinajstić information content (AvgIpc) is 2.01. The first-order valence-corrected chi connectivity index (χ1v) is 4.19. The molecule has 0 aromatic carbocycles. The van der Waals surface area contributed by atoms with Gasteiger partial charge >= 0.3 is 0 Å². The summed E-state index contributed by atoms with van der Waals surface area (Å²) >= 11 is 0. The summed E-state index contributed by atoms with van der Waals surface area (Å²) in [5.41, 5.74) is 0. The quantitative estimate of drug-likeness (QED) is 0.435. The van der Waals surface area contributed by atoms with E-state index in [1.165, 1.54) is 0 Å². The molecule has 0 unspecified atom stereocenters. The molecule has 0 aromatic rings. The Kier molecular flexibility index (Phi) is 5.71. The number of ketones is 1. The van der Waals surface area contributed by atoms with Gasteiger partial charge in [0.2, 0.25) is 0 Å². The molecule has 0 bridgehead atoms. The van der Waals surface area contributed by atoms with E-state index in [1.54, 1.807) is 0 Å². The summed E-state index contributed by atoms with van der Waals surface area (Å²) in [6.45, 7) is 4.14. The number of Topliss-reactive ketones (excluding diaryl/α,β-unsaturated/α-hetero) is 1. The number of hydrogen-bond acceptors (Lipinski definition) is 2. The molecule has 0 aromatic heterocycles. The Balaban J connectivity index is 3.62. The number of hydrogen-bond donors (Lipinski definition) is 0. The van der Waals surface area contributed by atoms with Crippen molar-refractivity contribution in [3.8, 4) is 0 Å². The van der Waals surface area contributed by atoms with E-state index in [1.807, 2.05) is 0 Å². The molecular weight excluding hydrogens is 140 g/mol. The fourth-order valence-electron chi connectivity index (χ4n) is 1.08. The van der Waals surface area contributed by atoms with Gasteiger partial charge in [0.05, 0.1) is 6.42 Å². The van der Waals surface area contributed by atoms with Crippen LogP contribution in [0.3, 0.4) is 0 Å². The third-order valence-corrected chi connectivity index (χ3v) is 1.98. The molecule has 0 amide bonds. The van der Waals surface area contributed by atoms with Crippen molar-refractivity contribution in [1.29, 1.82) is 0 Å². The van der Waals surface area contributed by atoms with E-state index in [9.17, 15) is 9.59 Å². The second-order valence-corrected chi connectivity index (χ2v) is 2.80. The molecule has 11 heavy (non-hydrogen) atoms. The Morgan fingerprint density at radius 2 is 1.91 bits per heavy atom. The fraction of sp³-hybridized carbons (Fsp3) is 0.778. The monoisotopic (exact) mass is 156 g/mol. The lowest BCUT2D eigenvalue weighted by Gasteiger charge is -2.08. The number of aldehydes is 1. The van der Waals surface area contributed by atoms with Crippen molar-refractivity contribution in [2.24, 2.45) is 5.92 Å². The van der Waals surface area contributed by atoms with Gasteiger partial charge in [-0.15, -0.1) is 0 Å². The smallest absolute Gasteiger partial charge is 0.140 e. The van der Waals surface area contributed by atoms with E-state index in [0.717, 1.165) is 12.8 Å². The van der Waals surface area contributed by atoms with Gasteiger partial charge in [0.15, 0.2) is 0 Å². The Morgan fingerprint density at radius 3 is 2.27 bits per heavy atom. The van der Waals surface area contributed by atoms with E-state index in [-0.39, 0.29) is 12.2 Å². The van der Waals surface area contributed by atoms with Crippen LogP contribution in [-0.2, 0) is 9.59 Å². The van der Waals surface area contributed by atoms with Gasteiger partial charge in [-0.25, -0.2) is 0 Å². The van der Waals surface area contributed by atoms with E-state index in [4.69, 9.17) is 0 Å². The minimum absolute atomic E-state index is 0.0775. The van der Waals surface area contributed by atoms with Crippen LogP contribution in [-0.4, -0.2) is 12.1 Å². The maximum absolute atomic E-state index is 10.9. The SMILES string of the molecule is CCC(CC)CC(=O)CC=O. The standard InChI is InChI=1S/C9H16O2/c1-3-8(4-2)7-9(11)5-6-10/h6,8H,3-5,7H2,1-2H3. The van der Waals surface area contributed by atoms with Crippen LogP contribution in [0.5, 0.6) is 0 Å². The van der Waals surface area contributed by atoms with Crippen LogP contribution < -0.4 is 0 Å². The van der Waals surface area contributed by atoms with Crippen LogP contribution in [0.25, 0.3) is 0 Å². The average molecular weight is 156 g/mol. The summed E-state index contributed by atoms with van der Waals surface area (Å²) < 4.78 is 0. The van der Waals surface area contributed by atoms with Gasteiger partial charge in [-0.2, -0.15) is 0 Å². The molecule has 2 nitrogen and oxygen atoms in total. The van der Waals surface area contributed by atoms with Crippen LogP contribution in [0.1, 0.15) is 39.5 Å². The Bertz CT molecular complexity index is 126. The van der Waals surface area contributed by atoms with Gasteiger partial charge in [0.25, 0.3) is 0 Å². The van der Waals surface area contributed by atoms with Gasteiger partial charge in [-0.3, -0.25) is 4.79 Å². The van der Waals surface area contributed by atoms with Crippen molar-refractivity contribution < 1.29 is 9.59 Å². The zero-order chi connectivity index (χ0) is 8.69. The van der Waals surface area contributed by atoms with Crippen molar-refractivity contribution in [3.05, 3.63) is 0 Å². The highest BCUT2D eigenvalue weighted by atomic mass is 16.1. The zero-order valence-electron chi connectivity index (χ0n) is 7.30. The Labute approximate surface area is 68.0 Å². The van der Waals surface area contributed by atoms with Crippen LogP contribution in [0, 0.1) is 5.92 Å². The van der Waals surface area contributed by atoms with Gasteiger partial charge in [0.1, 0.15) is 12.1 Å². The minimum atomic E-state index is 0.0775. The first kappa shape index (κ1) is 10.3. The maximum atomic E-state index is 10.9. The largest absolute Gasteiger partial charge is 0.303 e. The van der Waals surface area contributed by atoms with Crippen molar-refractivity contribution in [2.45, 2.75) is 39.5 Å². The molecule has 0 radical (unpaired) electrons. The Morgan fingerprint density at radius 1 is 1.36 bits per heavy atom. The van der Waals surface area contributed by atoms with Crippen LogP contribution in [0.2, 0.25) is 0 Å². The van der Waals surface area contributed by atoms with Crippen molar-refractivity contribution in [1.82, 2.24) is 0 Å². The number of carbonyl (C=O) groups is 2. The molecule has 0 aliphatic heterocycles. The first-order chi connectivity index (χ1) is 5.24. The normalized spacial score (nSPS) is 10.1. The number of rotatable bonds is 6. The highest BCUT2D eigenvalue weighted by molar-refractivity contribution is 5.89. The molecule has 0 atom stereocenters. The predicted octanol–water partition coefficient (Wildman–Crippen LogP) is 1.97. The number of carbonyl (C=O) groups excluding carboxylic acids is 2.